The Morgan fingerprint density at radius 3 is 2.41 bits per heavy atom. The van der Waals surface area contributed by atoms with Crippen LogP contribution in [-0.2, 0) is 0 Å². The SMILES string of the molecule is COc1ccc(C(C)NC(=O)c2nnn(-c3ccc(C)c(C)c3)c2C)cc1. The van der Waals surface area contributed by atoms with Crippen molar-refractivity contribution in [2.45, 2.75) is 33.7 Å². The van der Waals surface area contributed by atoms with Gasteiger partial charge in [-0.15, -0.1) is 5.10 Å². The molecule has 0 bridgehead atoms. The number of rotatable bonds is 5. The largest absolute Gasteiger partial charge is 0.497 e. The van der Waals surface area contributed by atoms with Crippen LogP contribution in [0.5, 0.6) is 5.75 Å². The van der Waals surface area contributed by atoms with Gasteiger partial charge in [0.25, 0.3) is 5.91 Å². The first-order valence-electron chi connectivity index (χ1n) is 8.85. The van der Waals surface area contributed by atoms with Crippen LogP contribution in [0, 0.1) is 20.8 Å². The number of hydrogen-bond donors (Lipinski definition) is 1. The topological polar surface area (TPSA) is 69.0 Å². The first-order chi connectivity index (χ1) is 12.9. The van der Waals surface area contributed by atoms with Gasteiger partial charge in [0.2, 0.25) is 0 Å². The number of carbonyl (C=O) groups is 1. The van der Waals surface area contributed by atoms with E-state index in [4.69, 9.17) is 4.74 Å². The molecule has 0 aliphatic rings. The molecule has 0 radical (unpaired) electrons. The van der Waals surface area contributed by atoms with Crippen molar-refractivity contribution in [1.29, 1.82) is 0 Å². The van der Waals surface area contributed by atoms with Gasteiger partial charge in [-0.25, -0.2) is 4.68 Å². The van der Waals surface area contributed by atoms with E-state index in [2.05, 4.69) is 29.5 Å². The fraction of sp³-hybridized carbons (Fsp3) is 0.286. The van der Waals surface area contributed by atoms with E-state index in [1.807, 2.05) is 56.3 Å². The summed E-state index contributed by atoms with van der Waals surface area (Å²) < 4.78 is 6.86. The van der Waals surface area contributed by atoms with Gasteiger partial charge in [-0.3, -0.25) is 4.79 Å². The molecule has 3 aromatic rings. The molecule has 1 heterocycles. The first-order valence-corrected chi connectivity index (χ1v) is 8.85. The van der Waals surface area contributed by atoms with E-state index in [0.29, 0.717) is 11.4 Å². The molecule has 1 aromatic heterocycles. The van der Waals surface area contributed by atoms with Crippen LogP contribution >= 0.6 is 0 Å². The predicted molar refractivity (Wildman–Crippen MR) is 104 cm³/mol. The highest BCUT2D eigenvalue weighted by Crippen LogP contribution is 2.19. The average Bonchev–Trinajstić information content (AvgIpc) is 3.05. The van der Waals surface area contributed by atoms with Gasteiger partial charge in [-0.1, -0.05) is 23.4 Å². The molecule has 0 aliphatic carbocycles. The molecule has 1 amide bonds. The molecule has 2 aromatic carbocycles. The fourth-order valence-electron chi connectivity index (χ4n) is 2.88. The summed E-state index contributed by atoms with van der Waals surface area (Å²) in [5.41, 5.74) is 5.30. The standard InChI is InChI=1S/C21H24N4O2/c1-13-6-9-18(12-14(13)2)25-16(4)20(23-24-25)21(26)22-15(3)17-7-10-19(27-5)11-8-17/h6-12,15H,1-5H3,(H,22,26). The quantitative estimate of drug-likeness (QED) is 0.750. The smallest absolute Gasteiger partial charge is 0.274 e. The monoisotopic (exact) mass is 364 g/mol. The van der Waals surface area contributed by atoms with Crippen molar-refractivity contribution in [3.05, 3.63) is 70.5 Å². The van der Waals surface area contributed by atoms with Crippen LogP contribution in [0.1, 0.15) is 45.8 Å². The highest BCUT2D eigenvalue weighted by Gasteiger charge is 2.19. The summed E-state index contributed by atoms with van der Waals surface area (Å²) in [5, 5.41) is 11.2. The molecule has 6 nitrogen and oxygen atoms in total. The van der Waals surface area contributed by atoms with Crippen molar-refractivity contribution in [2.75, 3.05) is 7.11 Å². The predicted octanol–water partition coefficient (Wildman–Crippen LogP) is 3.69. The zero-order chi connectivity index (χ0) is 19.6. The fourth-order valence-corrected chi connectivity index (χ4v) is 2.88. The maximum Gasteiger partial charge on any atom is 0.274 e. The molecule has 27 heavy (non-hydrogen) atoms. The van der Waals surface area contributed by atoms with Crippen LogP contribution in [-0.4, -0.2) is 28.0 Å². The van der Waals surface area contributed by atoms with Crippen molar-refractivity contribution < 1.29 is 9.53 Å². The molecular formula is C21H24N4O2. The molecule has 1 unspecified atom stereocenters. The van der Waals surface area contributed by atoms with Crippen LogP contribution in [0.3, 0.4) is 0 Å². The Balaban J connectivity index is 1.78. The van der Waals surface area contributed by atoms with Crippen molar-refractivity contribution in [1.82, 2.24) is 20.3 Å². The number of ether oxygens (including phenoxy) is 1. The van der Waals surface area contributed by atoms with Gasteiger partial charge in [0.05, 0.1) is 24.5 Å². The average molecular weight is 364 g/mol. The Bertz CT molecular complexity index is 961. The van der Waals surface area contributed by atoms with Gasteiger partial charge in [-0.05, 0) is 68.7 Å². The molecule has 3 rings (SSSR count). The summed E-state index contributed by atoms with van der Waals surface area (Å²) in [5.74, 6) is 0.537. The molecule has 1 N–H and O–H groups in total. The lowest BCUT2D eigenvalue weighted by Gasteiger charge is -2.14. The minimum Gasteiger partial charge on any atom is -0.497 e. The van der Waals surface area contributed by atoms with Crippen molar-refractivity contribution >= 4 is 5.91 Å². The van der Waals surface area contributed by atoms with E-state index in [9.17, 15) is 4.79 Å². The second kappa shape index (κ2) is 7.61. The van der Waals surface area contributed by atoms with E-state index in [1.54, 1.807) is 11.8 Å². The van der Waals surface area contributed by atoms with Crippen LogP contribution < -0.4 is 10.1 Å². The molecule has 1 atom stereocenters. The number of nitrogens with zero attached hydrogens (tertiary/aromatic N) is 3. The summed E-state index contributed by atoms with van der Waals surface area (Å²) >= 11 is 0. The minimum absolute atomic E-state index is 0.158. The molecular weight excluding hydrogens is 340 g/mol. The third kappa shape index (κ3) is 3.84. The van der Waals surface area contributed by atoms with E-state index in [1.165, 1.54) is 11.1 Å². The lowest BCUT2D eigenvalue weighted by molar-refractivity contribution is 0.0934. The lowest BCUT2D eigenvalue weighted by Crippen LogP contribution is -2.27. The maximum atomic E-state index is 12.7. The van der Waals surface area contributed by atoms with Crippen molar-refractivity contribution in [3.8, 4) is 11.4 Å². The molecule has 0 saturated heterocycles. The number of methoxy groups -OCH3 is 1. The maximum absolute atomic E-state index is 12.7. The normalized spacial score (nSPS) is 11.9. The number of nitrogens with one attached hydrogen (secondary N) is 1. The van der Waals surface area contributed by atoms with E-state index >= 15 is 0 Å². The van der Waals surface area contributed by atoms with Crippen LogP contribution in [0.25, 0.3) is 5.69 Å². The molecule has 0 spiro atoms. The van der Waals surface area contributed by atoms with Crippen molar-refractivity contribution in [2.24, 2.45) is 0 Å². The number of amides is 1. The molecule has 140 valence electrons. The van der Waals surface area contributed by atoms with E-state index < -0.39 is 0 Å². The minimum atomic E-state index is -0.245. The molecule has 6 heteroatoms. The van der Waals surface area contributed by atoms with Gasteiger partial charge in [0.1, 0.15) is 5.75 Å². The number of aromatic nitrogens is 3. The van der Waals surface area contributed by atoms with Crippen molar-refractivity contribution in [3.63, 3.8) is 0 Å². The summed E-state index contributed by atoms with van der Waals surface area (Å²) in [7, 11) is 1.63. The summed E-state index contributed by atoms with van der Waals surface area (Å²) in [4.78, 5) is 12.7. The van der Waals surface area contributed by atoms with Gasteiger partial charge < -0.3 is 10.1 Å². The molecule has 0 fully saturated rings. The van der Waals surface area contributed by atoms with Gasteiger partial charge >= 0.3 is 0 Å². The number of aryl methyl sites for hydroxylation is 2. The zero-order valence-corrected chi connectivity index (χ0v) is 16.3. The third-order valence-electron chi connectivity index (χ3n) is 4.81. The number of benzene rings is 2. The summed E-state index contributed by atoms with van der Waals surface area (Å²) in [6, 6.07) is 13.5. The Morgan fingerprint density at radius 1 is 1.07 bits per heavy atom. The summed E-state index contributed by atoms with van der Waals surface area (Å²) in [6.45, 7) is 7.90. The lowest BCUT2D eigenvalue weighted by atomic mass is 10.1. The van der Waals surface area contributed by atoms with E-state index in [-0.39, 0.29) is 11.9 Å². The number of hydrogen-bond acceptors (Lipinski definition) is 4. The first kappa shape index (κ1) is 18.6. The van der Waals surface area contributed by atoms with Gasteiger partial charge in [0, 0.05) is 0 Å². The summed E-state index contributed by atoms with van der Waals surface area (Å²) in [6.07, 6.45) is 0. The Labute approximate surface area is 159 Å². The Hall–Kier alpha value is -3.15. The van der Waals surface area contributed by atoms with Crippen LogP contribution in [0.2, 0.25) is 0 Å². The second-order valence-electron chi connectivity index (χ2n) is 6.67. The highest BCUT2D eigenvalue weighted by atomic mass is 16.5. The van der Waals surface area contributed by atoms with Crippen LogP contribution in [0.15, 0.2) is 42.5 Å². The molecule has 0 aliphatic heterocycles. The Kier molecular flexibility index (Phi) is 5.26. The highest BCUT2D eigenvalue weighted by molar-refractivity contribution is 5.93. The van der Waals surface area contributed by atoms with E-state index in [0.717, 1.165) is 17.0 Å². The second-order valence-corrected chi connectivity index (χ2v) is 6.67. The Morgan fingerprint density at radius 2 is 1.78 bits per heavy atom. The molecule has 0 saturated carbocycles. The van der Waals surface area contributed by atoms with Gasteiger partial charge in [-0.2, -0.15) is 0 Å². The van der Waals surface area contributed by atoms with Gasteiger partial charge in [0.15, 0.2) is 5.69 Å². The third-order valence-corrected chi connectivity index (χ3v) is 4.81. The van der Waals surface area contributed by atoms with Crippen LogP contribution in [0.4, 0.5) is 0 Å². The zero-order valence-electron chi connectivity index (χ0n) is 16.3. The number of carbonyl (C=O) groups excluding carboxylic acids is 1.